The zero-order chi connectivity index (χ0) is 16.3. The first kappa shape index (κ1) is 15.7. The van der Waals surface area contributed by atoms with Gasteiger partial charge in [-0.2, -0.15) is 4.31 Å². The maximum absolute atomic E-state index is 12.4. The lowest BCUT2D eigenvalue weighted by Crippen LogP contribution is -2.27. The Morgan fingerprint density at radius 2 is 1.74 bits per heavy atom. The van der Waals surface area contributed by atoms with Gasteiger partial charge in [-0.15, -0.1) is 0 Å². The summed E-state index contributed by atoms with van der Waals surface area (Å²) in [5, 5.41) is 9.41. The fourth-order valence-electron chi connectivity index (χ4n) is 2.54. The molecular weight excluding hydrogens is 312 g/mol. The number of phenolic OH excluding ortho intramolecular Hbond substituents is 1. The van der Waals surface area contributed by atoms with E-state index >= 15 is 0 Å². The molecule has 1 saturated heterocycles. The Labute approximate surface area is 136 Å². The van der Waals surface area contributed by atoms with E-state index in [-0.39, 0.29) is 5.75 Å². The highest BCUT2D eigenvalue weighted by molar-refractivity contribution is 7.89. The lowest BCUT2D eigenvalue weighted by Gasteiger charge is -2.15. The van der Waals surface area contributed by atoms with E-state index in [2.05, 4.69) is 4.99 Å². The van der Waals surface area contributed by atoms with Crippen LogP contribution in [0.1, 0.15) is 18.4 Å². The number of aromatic hydroxyl groups is 1. The van der Waals surface area contributed by atoms with Crippen LogP contribution in [0.4, 0.5) is 5.69 Å². The van der Waals surface area contributed by atoms with E-state index in [1.807, 2.05) is 6.07 Å². The maximum Gasteiger partial charge on any atom is 0.243 e. The minimum Gasteiger partial charge on any atom is -0.508 e. The number of hydrogen-bond acceptors (Lipinski definition) is 4. The van der Waals surface area contributed by atoms with Crippen LogP contribution in [0.3, 0.4) is 0 Å². The quantitative estimate of drug-likeness (QED) is 0.876. The van der Waals surface area contributed by atoms with Crippen LogP contribution < -0.4 is 0 Å². The molecule has 0 spiro atoms. The third-order valence-corrected chi connectivity index (χ3v) is 5.69. The Morgan fingerprint density at radius 1 is 1.04 bits per heavy atom. The molecule has 6 heteroatoms. The number of benzene rings is 2. The predicted molar refractivity (Wildman–Crippen MR) is 89.8 cm³/mol. The standard InChI is InChI=1S/C17H18N2O3S/c20-16-5-3-4-14(12-16)13-18-15-6-8-17(9-7-15)23(21,22)19-10-1-2-11-19/h3-9,12-13,20H,1-2,10-11H2. The first-order valence-electron chi connectivity index (χ1n) is 7.49. The van der Waals surface area contributed by atoms with Gasteiger partial charge in [-0.3, -0.25) is 4.99 Å². The van der Waals surface area contributed by atoms with Gasteiger partial charge in [0.1, 0.15) is 5.75 Å². The van der Waals surface area contributed by atoms with Crippen LogP contribution in [-0.2, 0) is 10.0 Å². The fourth-order valence-corrected chi connectivity index (χ4v) is 4.05. The molecule has 120 valence electrons. The number of rotatable bonds is 4. The molecule has 1 N–H and O–H groups in total. The van der Waals surface area contributed by atoms with Crippen molar-refractivity contribution in [3.8, 4) is 5.75 Å². The van der Waals surface area contributed by atoms with Crippen molar-refractivity contribution in [1.29, 1.82) is 0 Å². The first-order chi connectivity index (χ1) is 11.1. The van der Waals surface area contributed by atoms with Crippen LogP contribution in [0.15, 0.2) is 58.4 Å². The second-order valence-electron chi connectivity index (χ2n) is 5.46. The van der Waals surface area contributed by atoms with Crippen LogP contribution in [0.5, 0.6) is 5.75 Å². The lowest BCUT2D eigenvalue weighted by atomic mass is 10.2. The van der Waals surface area contributed by atoms with Gasteiger partial charge in [0.05, 0.1) is 10.6 Å². The monoisotopic (exact) mass is 330 g/mol. The average molecular weight is 330 g/mol. The van der Waals surface area contributed by atoms with Crippen LogP contribution in [0.2, 0.25) is 0 Å². The van der Waals surface area contributed by atoms with Crippen LogP contribution >= 0.6 is 0 Å². The number of nitrogens with zero attached hydrogens (tertiary/aromatic N) is 2. The lowest BCUT2D eigenvalue weighted by molar-refractivity contribution is 0.475. The summed E-state index contributed by atoms with van der Waals surface area (Å²) >= 11 is 0. The van der Waals surface area contributed by atoms with Gasteiger partial charge in [0.15, 0.2) is 0 Å². The van der Waals surface area contributed by atoms with Crippen molar-refractivity contribution in [2.24, 2.45) is 4.99 Å². The summed E-state index contributed by atoms with van der Waals surface area (Å²) in [6, 6.07) is 13.3. The molecule has 0 radical (unpaired) electrons. The van der Waals surface area contributed by atoms with Crippen molar-refractivity contribution in [2.75, 3.05) is 13.1 Å². The van der Waals surface area contributed by atoms with Crippen LogP contribution in [0, 0.1) is 0 Å². The highest BCUT2D eigenvalue weighted by Crippen LogP contribution is 2.23. The summed E-state index contributed by atoms with van der Waals surface area (Å²) in [6.07, 6.45) is 3.47. The van der Waals surface area contributed by atoms with E-state index < -0.39 is 10.0 Å². The molecule has 0 amide bonds. The number of sulfonamides is 1. The molecule has 1 fully saturated rings. The average Bonchev–Trinajstić information content (AvgIpc) is 3.09. The van der Waals surface area contributed by atoms with Gasteiger partial charge in [0.25, 0.3) is 0 Å². The molecule has 3 rings (SSSR count). The van der Waals surface area contributed by atoms with Crippen molar-refractivity contribution in [3.63, 3.8) is 0 Å². The molecule has 5 nitrogen and oxygen atoms in total. The van der Waals surface area contributed by atoms with Gasteiger partial charge < -0.3 is 5.11 Å². The van der Waals surface area contributed by atoms with Crippen LogP contribution in [-0.4, -0.2) is 37.1 Å². The Morgan fingerprint density at radius 3 is 2.39 bits per heavy atom. The Hall–Kier alpha value is -2.18. The van der Waals surface area contributed by atoms with Gasteiger partial charge in [-0.1, -0.05) is 12.1 Å². The summed E-state index contributed by atoms with van der Waals surface area (Å²) in [4.78, 5) is 4.60. The zero-order valence-electron chi connectivity index (χ0n) is 12.6. The van der Waals surface area contributed by atoms with E-state index in [1.54, 1.807) is 48.7 Å². The predicted octanol–water partition coefficient (Wildman–Crippen LogP) is 2.93. The smallest absolute Gasteiger partial charge is 0.243 e. The molecule has 1 aliphatic rings. The molecule has 23 heavy (non-hydrogen) atoms. The van der Waals surface area contributed by atoms with Crippen molar-refractivity contribution >= 4 is 21.9 Å². The van der Waals surface area contributed by atoms with Gasteiger partial charge >= 0.3 is 0 Å². The maximum atomic E-state index is 12.4. The van der Waals surface area contributed by atoms with E-state index in [0.29, 0.717) is 23.7 Å². The normalized spacial score (nSPS) is 16.2. The summed E-state index contributed by atoms with van der Waals surface area (Å²) < 4.78 is 26.4. The van der Waals surface area contributed by atoms with E-state index in [4.69, 9.17) is 0 Å². The zero-order valence-corrected chi connectivity index (χ0v) is 13.4. The molecule has 2 aromatic rings. The SMILES string of the molecule is O=S(=O)(c1ccc(N=Cc2cccc(O)c2)cc1)N1CCCC1. The highest BCUT2D eigenvalue weighted by Gasteiger charge is 2.26. The molecular formula is C17H18N2O3S. The molecule has 0 bridgehead atoms. The second kappa shape index (κ2) is 6.52. The molecule has 1 aliphatic heterocycles. The number of phenols is 1. The van der Waals surface area contributed by atoms with Crippen molar-refractivity contribution in [3.05, 3.63) is 54.1 Å². The van der Waals surface area contributed by atoms with E-state index in [0.717, 1.165) is 18.4 Å². The molecule has 0 atom stereocenters. The first-order valence-corrected chi connectivity index (χ1v) is 8.93. The van der Waals surface area contributed by atoms with E-state index in [1.165, 1.54) is 4.31 Å². The number of aliphatic imine (C=N–C) groups is 1. The molecule has 0 saturated carbocycles. The number of hydrogen-bond donors (Lipinski definition) is 1. The molecule has 1 heterocycles. The van der Waals surface area contributed by atoms with Gasteiger partial charge in [-0.05, 0) is 54.8 Å². The van der Waals surface area contributed by atoms with Gasteiger partial charge in [-0.25, -0.2) is 8.42 Å². The van der Waals surface area contributed by atoms with Crippen molar-refractivity contribution in [1.82, 2.24) is 4.31 Å². The molecule has 0 unspecified atom stereocenters. The molecule has 0 aromatic heterocycles. The second-order valence-corrected chi connectivity index (χ2v) is 7.40. The molecule has 2 aromatic carbocycles. The minimum absolute atomic E-state index is 0.181. The molecule has 0 aliphatic carbocycles. The Balaban J connectivity index is 1.77. The third-order valence-electron chi connectivity index (χ3n) is 3.77. The Kier molecular flexibility index (Phi) is 4.45. The third kappa shape index (κ3) is 3.60. The minimum atomic E-state index is -3.38. The van der Waals surface area contributed by atoms with E-state index in [9.17, 15) is 13.5 Å². The van der Waals surface area contributed by atoms with Crippen molar-refractivity contribution < 1.29 is 13.5 Å². The summed E-state index contributed by atoms with van der Waals surface area (Å²) in [5.74, 6) is 0.181. The highest BCUT2D eigenvalue weighted by atomic mass is 32.2. The largest absolute Gasteiger partial charge is 0.508 e. The topological polar surface area (TPSA) is 70.0 Å². The van der Waals surface area contributed by atoms with Crippen LogP contribution in [0.25, 0.3) is 0 Å². The van der Waals surface area contributed by atoms with Crippen molar-refractivity contribution in [2.45, 2.75) is 17.7 Å². The Bertz CT molecular complexity index is 808. The van der Waals surface area contributed by atoms with Gasteiger partial charge in [0.2, 0.25) is 10.0 Å². The summed E-state index contributed by atoms with van der Waals surface area (Å²) in [5.41, 5.74) is 1.44. The fraction of sp³-hybridized carbons (Fsp3) is 0.235. The van der Waals surface area contributed by atoms with Gasteiger partial charge in [0, 0.05) is 19.3 Å². The summed E-state index contributed by atoms with van der Waals surface area (Å²) in [7, 11) is -3.38. The summed E-state index contributed by atoms with van der Waals surface area (Å²) in [6.45, 7) is 1.19.